The van der Waals surface area contributed by atoms with Gasteiger partial charge in [-0.25, -0.2) is 0 Å². The normalized spacial score (nSPS) is 9.15. The Balaban J connectivity index is 0. The van der Waals surface area contributed by atoms with Crippen molar-refractivity contribution in [2.24, 2.45) is 0 Å². The highest BCUT2D eigenvalue weighted by atomic mass is 16.2. The van der Waals surface area contributed by atoms with E-state index in [9.17, 15) is 4.79 Å². The monoisotopic (exact) mass is 187 g/mol. The maximum atomic E-state index is 11.1. The van der Waals surface area contributed by atoms with E-state index in [-0.39, 0.29) is 5.91 Å². The summed E-state index contributed by atoms with van der Waals surface area (Å²) >= 11 is 0. The Morgan fingerprint density at radius 3 is 1.62 bits per heavy atom. The lowest BCUT2D eigenvalue weighted by Crippen LogP contribution is -2.37. The summed E-state index contributed by atoms with van der Waals surface area (Å²) in [5, 5.41) is 0. The molecule has 0 rings (SSSR count). The number of nitrogens with zero attached hydrogens (tertiary/aromatic N) is 1. The van der Waals surface area contributed by atoms with E-state index in [1.807, 2.05) is 25.7 Å². The fourth-order valence-electron chi connectivity index (χ4n) is 1.47. The van der Waals surface area contributed by atoms with Gasteiger partial charge in [0, 0.05) is 19.5 Å². The summed E-state index contributed by atoms with van der Waals surface area (Å²) < 4.78 is 0. The minimum atomic E-state index is 0.196. The van der Waals surface area contributed by atoms with Gasteiger partial charge in [-0.05, 0) is 19.8 Å². The Kier molecular flexibility index (Phi) is 11.0. The maximum Gasteiger partial charge on any atom is 0.219 e. The Morgan fingerprint density at radius 1 is 1.15 bits per heavy atom. The molecule has 0 heterocycles. The number of rotatable bonds is 4. The third-order valence-electron chi connectivity index (χ3n) is 2.13. The van der Waals surface area contributed by atoms with Crippen LogP contribution in [0, 0.1) is 0 Å². The molecule has 0 unspecified atom stereocenters. The van der Waals surface area contributed by atoms with Crippen molar-refractivity contribution < 1.29 is 4.79 Å². The second-order valence-electron chi connectivity index (χ2n) is 2.78. The molecule has 0 atom stereocenters. The van der Waals surface area contributed by atoms with Crippen molar-refractivity contribution in [3.05, 3.63) is 0 Å². The molecule has 0 aromatic carbocycles. The van der Waals surface area contributed by atoms with Crippen LogP contribution in [0.4, 0.5) is 0 Å². The highest BCUT2D eigenvalue weighted by molar-refractivity contribution is 5.73. The number of carbonyl (C=O) groups is 1. The molecule has 0 spiro atoms. The molecular formula is C11H25NO. The first-order chi connectivity index (χ1) is 6.17. The molecule has 80 valence electrons. The molecule has 0 aromatic rings. The predicted octanol–water partition coefficient (Wildman–Crippen LogP) is 3.07. The van der Waals surface area contributed by atoms with E-state index in [4.69, 9.17) is 0 Å². The van der Waals surface area contributed by atoms with Crippen LogP contribution in [-0.2, 0) is 4.79 Å². The molecule has 0 N–H and O–H groups in total. The van der Waals surface area contributed by atoms with Gasteiger partial charge in [0.25, 0.3) is 0 Å². The van der Waals surface area contributed by atoms with Crippen LogP contribution < -0.4 is 0 Å². The molecule has 2 heteroatoms. The first-order valence-corrected chi connectivity index (χ1v) is 5.44. The number of hydrogen-bond donors (Lipinski definition) is 0. The quantitative estimate of drug-likeness (QED) is 0.662. The molecule has 2 nitrogen and oxygen atoms in total. The van der Waals surface area contributed by atoms with Gasteiger partial charge >= 0.3 is 0 Å². The van der Waals surface area contributed by atoms with E-state index in [1.165, 1.54) is 0 Å². The Hall–Kier alpha value is -0.530. The van der Waals surface area contributed by atoms with E-state index >= 15 is 0 Å². The molecule has 0 fully saturated rings. The average molecular weight is 187 g/mol. The van der Waals surface area contributed by atoms with Crippen molar-refractivity contribution in [3.63, 3.8) is 0 Å². The molecule has 1 amide bonds. The van der Waals surface area contributed by atoms with E-state index < -0.39 is 0 Å². The van der Waals surface area contributed by atoms with Gasteiger partial charge in [-0.15, -0.1) is 0 Å². The topological polar surface area (TPSA) is 20.3 Å². The zero-order valence-electron chi connectivity index (χ0n) is 10.1. The summed E-state index contributed by atoms with van der Waals surface area (Å²) in [4.78, 5) is 13.0. The van der Waals surface area contributed by atoms with Crippen LogP contribution in [0.2, 0.25) is 0 Å². The zero-order valence-corrected chi connectivity index (χ0v) is 10.1. The lowest BCUT2D eigenvalue weighted by molar-refractivity contribution is -0.131. The minimum absolute atomic E-state index is 0.196. The van der Waals surface area contributed by atoms with Crippen molar-refractivity contribution in [2.45, 2.75) is 60.4 Å². The SMILES string of the molecule is CC.CCC(CC)N(CC)C(C)=O. The van der Waals surface area contributed by atoms with Gasteiger partial charge in [0.2, 0.25) is 5.91 Å². The third-order valence-corrected chi connectivity index (χ3v) is 2.13. The molecule has 0 radical (unpaired) electrons. The summed E-state index contributed by atoms with van der Waals surface area (Å²) in [6, 6.07) is 0.442. The molecule has 0 saturated carbocycles. The first-order valence-electron chi connectivity index (χ1n) is 5.44. The van der Waals surface area contributed by atoms with Crippen LogP contribution in [-0.4, -0.2) is 23.4 Å². The lowest BCUT2D eigenvalue weighted by Gasteiger charge is -2.27. The van der Waals surface area contributed by atoms with Crippen molar-refractivity contribution in [1.82, 2.24) is 4.90 Å². The summed E-state index contributed by atoms with van der Waals surface area (Å²) in [6.07, 6.45) is 2.12. The summed E-state index contributed by atoms with van der Waals surface area (Å²) in [5.41, 5.74) is 0. The van der Waals surface area contributed by atoms with Gasteiger partial charge in [-0.1, -0.05) is 27.7 Å². The van der Waals surface area contributed by atoms with Crippen molar-refractivity contribution in [1.29, 1.82) is 0 Å². The van der Waals surface area contributed by atoms with Gasteiger partial charge in [-0.2, -0.15) is 0 Å². The van der Waals surface area contributed by atoms with Gasteiger partial charge < -0.3 is 4.90 Å². The molecular weight excluding hydrogens is 162 g/mol. The second-order valence-corrected chi connectivity index (χ2v) is 2.78. The van der Waals surface area contributed by atoms with Crippen molar-refractivity contribution in [2.75, 3.05) is 6.54 Å². The smallest absolute Gasteiger partial charge is 0.219 e. The van der Waals surface area contributed by atoms with Gasteiger partial charge in [0.05, 0.1) is 0 Å². The maximum absolute atomic E-state index is 11.1. The second kappa shape index (κ2) is 9.56. The third kappa shape index (κ3) is 5.67. The fraction of sp³-hybridized carbons (Fsp3) is 0.909. The number of hydrogen-bond acceptors (Lipinski definition) is 1. The Bertz CT molecular complexity index is 119. The molecule has 0 saturated heterocycles. The largest absolute Gasteiger partial charge is 0.340 e. The van der Waals surface area contributed by atoms with Crippen LogP contribution in [0.15, 0.2) is 0 Å². The predicted molar refractivity (Wildman–Crippen MR) is 58.8 cm³/mol. The number of amides is 1. The molecule has 0 aliphatic carbocycles. The van der Waals surface area contributed by atoms with Crippen LogP contribution in [0.1, 0.15) is 54.4 Å². The van der Waals surface area contributed by atoms with Crippen molar-refractivity contribution in [3.8, 4) is 0 Å². The molecule has 0 aliphatic rings. The average Bonchev–Trinajstić information content (AvgIpc) is 2.16. The molecule has 13 heavy (non-hydrogen) atoms. The van der Waals surface area contributed by atoms with Gasteiger partial charge in [0.1, 0.15) is 0 Å². The van der Waals surface area contributed by atoms with Crippen molar-refractivity contribution >= 4 is 5.91 Å². The van der Waals surface area contributed by atoms with Gasteiger partial charge in [-0.3, -0.25) is 4.79 Å². The Morgan fingerprint density at radius 2 is 1.54 bits per heavy atom. The van der Waals surface area contributed by atoms with E-state index in [1.54, 1.807) is 6.92 Å². The zero-order chi connectivity index (χ0) is 10.9. The summed E-state index contributed by atoms with van der Waals surface area (Å²) in [5.74, 6) is 0.196. The molecule has 0 bridgehead atoms. The molecule has 0 aliphatic heterocycles. The minimum Gasteiger partial charge on any atom is -0.340 e. The summed E-state index contributed by atoms with van der Waals surface area (Å²) in [7, 11) is 0. The highest BCUT2D eigenvalue weighted by Crippen LogP contribution is 2.07. The van der Waals surface area contributed by atoms with Crippen LogP contribution >= 0.6 is 0 Å². The standard InChI is InChI=1S/C9H19NO.C2H6/c1-5-9(6-2)10(7-3)8(4)11;1-2/h9H,5-7H2,1-4H3;1-2H3. The Labute approximate surface area is 83.3 Å². The van der Waals surface area contributed by atoms with E-state index in [2.05, 4.69) is 13.8 Å². The summed E-state index contributed by atoms with van der Waals surface area (Å²) in [6.45, 7) is 12.8. The first kappa shape index (κ1) is 15.0. The van der Waals surface area contributed by atoms with Crippen LogP contribution in [0.5, 0.6) is 0 Å². The van der Waals surface area contributed by atoms with Crippen LogP contribution in [0.25, 0.3) is 0 Å². The van der Waals surface area contributed by atoms with E-state index in [0.717, 1.165) is 19.4 Å². The van der Waals surface area contributed by atoms with E-state index in [0.29, 0.717) is 6.04 Å². The van der Waals surface area contributed by atoms with Crippen LogP contribution in [0.3, 0.4) is 0 Å². The molecule has 0 aromatic heterocycles. The van der Waals surface area contributed by atoms with Gasteiger partial charge in [0.15, 0.2) is 0 Å². The number of carbonyl (C=O) groups excluding carboxylic acids is 1. The fourth-order valence-corrected chi connectivity index (χ4v) is 1.47. The lowest BCUT2D eigenvalue weighted by atomic mass is 10.1. The highest BCUT2D eigenvalue weighted by Gasteiger charge is 2.14.